The summed E-state index contributed by atoms with van der Waals surface area (Å²) >= 11 is 3.39. The molecule has 78 valence electrons. The van der Waals surface area contributed by atoms with Crippen LogP contribution in [0.4, 0.5) is 4.39 Å². The van der Waals surface area contributed by atoms with Crippen molar-refractivity contribution in [3.05, 3.63) is 35.6 Å². The summed E-state index contributed by atoms with van der Waals surface area (Å²) in [5.74, 6) is -0.156. The molecule has 0 aliphatic rings. The van der Waals surface area contributed by atoms with Gasteiger partial charge < -0.3 is 4.90 Å². The van der Waals surface area contributed by atoms with Crippen molar-refractivity contribution < 1.29 is 4.39 Å². The zero-order chi connectivity index (χ0) is 10.4. The van der Waals surface area contributed by atoms with E-state index in [9.17, 15) is 4.39 Å². The minimum absolute atomic E-state index is 0.156. The Balaban J connectivity index is 2.43. The van der Waals surface area contributed by atoms with Crippen molar-refractivity contribution in [1.29, 1.82) is 0 Å². The molecule has 0 heterocycles. The maximum absolute atomic E-state index is 12.8. The first-order valence-corrected chi connectivity index (χ1v) is 5.83. The number of halogens is 2. The maximum atomic E-state index is 12.8. The average Bonchev–Trinajstić information content (AvgIpc) is 2.15. The summed E-state index contributed by atoms with van der Waals surface area (Å²) < 4.78 is 12.8. The van der Waals surface area contributed by atoms with Crippen molar-refractivity contribution in [2.24, 2.45) is 0 Å². The minimum Gasteiger partial charge on any atom is -0.302 e. The fourth-order valence-electron chi connectivity index (χ4n) is 1.36. The molecule has 0 fully saturated rings. The highest BCUT2D eigenvalue weighted by molar-refractivity contribution is 9.09. The molecule has 3 heteroatoms. The van der Waals surface area contributed by atoms with Gasteiger partial charge in [0, 0.05) is 11.9 Å². The smallest absolute Gasteiger partial charge is 0.123 e. The Morgan fingerprint density at radius 2 is 2.21 bits per heavy atom. The zero-order valence-corrected chi connectivity index (χ0v) is 9.93. The standard InChI is InChI=1S/C11H15BrFN/c1-14(7-3-6-12)9-10-4-2-5-11(13)8-10/h2,4-5,8H,3,6-7,9H2,1H3. The number of nitrogens with zero attached hydrogens (tertiary/aromatic N) is 1. The van der Waals surface area contributed by atoms with E-state index >= 15 is 0 Å². The molecule has 14 heavy (non-hydrogen) atoms. The Kier molecular flexibility index (Phi) is 5.12. The first-order chi connectivity index (χ1) is 6.72. The number of alkyl halides is 1. The van der Waals surface area contributed by atoms with E-state index in [0.717, 1.165) is 30.4 Å². The molecule has 0 bridgehead atoms. The molecular formula is C11H15BrFN. The molecule has 0 radical (unpaired) electrons. The molecule has 0 aromatic heterocycles. The lowest BCUT2D eigenvalue weighted by molar-refractivity contribution is 0.328. The van der Waals surface area contributed by atoms with Crippen LogP contribution in [0.1, 0.15) is 12.0 Å². The quantitative estimate of drug-likeness (QED) is 0.735. The lowest BCUT2D eigenvalue weighted by atomic mass is 10.2. The summed E-state index contributed by atoms with van der Waals surface area (Å²) in [6.45, 7) is 1.84. The highest BCUT2D eigenvalue weighted by Gasteiger charge is 2.00. The fourth-order valence-corrected chi connectivity index (χ4v) is 1.61. The van der Waals surface area contributed by atoms with Gasteiger partial charge in [-0.3, -0.25) is 0 Å². The summed E-state index contributed by atoms with van der Waals surface area (Å²) in [6.07, 6.45) is 1.12. The van der Waals surface area contributed by atoms with Crippen molar-refractivity contribution in [2.75, 3.05) is 18.9 Å². The maximum Gasteiger partial charge on any atom is 0.123 e. The van der Waals surface area contributed by atoms with Crippen LogP contribution in [-0.2, 0) is 6.54 Å². The van der Waals surface area contributed by atoms with E-state index < -0.39 is 0 Å². The van der Waals surface area contributed by atoms with Crippen molar-refractivity contribution in [3.63, 3.8) is 0 Å². The van der Waals surface area contributed by atoms with Crippen LogP contribution in [0.5, 0.6) is 0 Å². The molecule has 0 unspecified atom stereocenters. The highest BCUT2D eigenvalue weighted by atomic mass is 79.9. The zero-order valence-electron chi connectivity index (χ0n) is 8.34. The van der Waals surface area contributed by atoms with E-state index in [1.165, 1.54) is 6.07 Å². The molecule has 0 saturated carbocycles. The fraction of sp³-hybridized carbons (Fsp3) is 0.455. The largest absolute Gasteiger partial charge is 0.302 e. The lowest BCUT2D eigenvalue weighted by Crippen LogP contribution is -2.19. The van der Waals surface area contributed by atoms with Gasteiger partial charge in [0.15, 0.2) is 0 Å². The normalized spacial score (nSPS) is 10.9. The average molecular weight is 260 g/mol. The predicted molar refractivity (Wildman–Crippen MR) is 61.1 cm³/mol. The predicted octanol–water partition coefficient (Wildman–Crippen LogP) is 3.04. The molecule has 0 saturated heterocycles. The van der Waals surface area contributed by atoms with Gasteiger partial charge in [0.25, 0.3) is 0 Å². The number of rotatable bonds is 5. The number of hydrogen-bond acceptors (Lipinski definition) is 1. The van der Waals surface area contributed by atoms with Gasteiger partial charge in [0.05, 0.1) is 0 Å². The van der Waals surface area contributed by atoms with Crippen molar-refractivity contribution in [3.8, 4) is 0 Å². The highest BCUT2D eigenvalue weighted by Crippen LogP contribution is 2.06. The van der Waals surface area contributed by atoms with Crippen LogP contribution in [0.15, 0.2) is 24.3 Å². The molecule has 0 atom stereocenters. The van der Waals surface area contributed by atoms with Gasteiger partial charge in [-0.15, -0.1) is 0 Å². The molecule has 0 aliphatic heterocycles. The second-order valence-electron chi connectivity index (χ2n) is 3.41. The van der Waals surface area contributed by atoms with Gasteiger partial charge >= 0.3 is 0 Å². The van der Waals surface area contributed by atoms with Crippen molar-refractivity contribution >= 4 is 15.9 Å². The van der Waals surface area contributed by atoms with E-state index in [-0.39, 0.29) is 5.82 Å². The van der Waals surface area contributed by atoms with Gasteiger partial charge in [-0.2, -0.15) is 0 Å². The SMILES string of the molecule is CN(CCCBr)Cc1cccc(F)c1. The first kappa shape index (κ1) is 11.7. The molecule has 1 aromatic rings. The van der Waals surface area contributed by atoms with Crippen molar-refractivity contribution in [1.82, 2.24) is 4.90 Å². The number of hydrogen-bond donors (Lipinski definition) is 0. The van der Waals surface area contributed by atoms with Gasteiger partial charge in [-0.1, -0.05) is 28.1 Å². The summed E-state index contributed by atoms with van der Waals surface area (Å²) in [5, 5.41) is 1.01. The Morgan fingerprint density at radius 1 is 1.43 bits per heavy atom. The van der Waals surface area contributed by atoms with E-state index in [1.54, 1.807) is 12.1 Å². The van der Waals surface area contributed by atoms with Crippen LogP contribution < -0.4 is 0 Å². The molecule has 0 amide bonds. The van der Waals surface area contributed by atoms with E-state index in [0.29, 0.717) is 0 Å². The van der Waals surface area contributed by atoms with E-state index in [2.05, 4.69) is 20.8 Å². The third-order valence-electron chi connectivity index (χ3n) is 2.01. The Labute approximate surface area is 93.0 Å². The van der Waals surface area contributed by atoms with Crippen LogP contribution in [0.25, 0.3) is 0 Å². The van der Waals surface area contributed by atoms with E-state index in [4.69, 9.17) is 0 Å². The topological polar surface area (TPSA) is 3.24 Å². The summed E-state index contributed by atoms with van der Waals surface area (Å²) in [7, 11) is 2.05. The first-order valence-electron chi connectivity index (χ1n) is 4.71. The van der Waals surface area contributed by atoms with Gasteiger partial charge in [0.2, 0.25) is 0 Å². The molecule has 1 nitrogen and oxygen atoms in total. The molecule has 0 spiro atoms. The minimum atomic E-state index is -0.156. The molecule has 0 N–H and O–H groups in total. The second kappa shape index (κ2) is 6.14. The summed E-state index contributed by atoms with van der Waals surface area (Å²) in [6, 6.07) is 6.77. The van der Waals surface area contributed by atoms with Crippen LogP contribution >= 0.6 is 15.9 Å². The molecular weight excluding hydrogens is 245 g/mol. The van der Waals surface area contributed by atoms with Gasteiger partial charge in [-0.05, 0) is 37.7 Å². The van der Waals surface area contributed by atoms with Crippen LogP contribution in [0.2, 0.25) is 0 Å². The molecule has 0 aliphatic carbocycles. The molecule has 1 aromatic carbocycles. The third kappa shape index (κ3) is 4.20. The number of benzene rings is 1. The Hall–Kier alpha value is -0.410. The lowest BCUT2D eigenvalue weighted by Gasteiger charge is -2.15. The van der Waals surface area contributed by atoms with Crippen LogP contribution in [-0.4, -0.2) is 23.8 Å². The Bertz CT molecular complexity index is 278. The van der Waals surface area contributed by atoms with Gasteiger partial charge in [-0.25, -0.2) is 4.39 Å². The monoisotopic (exact) mass is 259 g/mol. The van der Waals surface area contributed by atoms with Crippen LogP contribution in [0.3, 0.4) is 0 Å². The van der Waals surface area contributed by atoms with Crippen molar-refractivity contribution in [2.45, 2.75) is 13.0 Å². The third-order valence-corrected chi connectivity index (χ3v) is 2.58. The van der Waals surface area contributed by atoms with E-state index in [1.807, 2.05) is 13.1 Å². The van der Waals surface area contributed by atoms with Gasteiger partial charge in [0.1, 0.15) is 5.82 Å². The summed E-state index contributed by atoms with van der Waals surface area (Å²) in [5.41, 5.74) is 1.03. The summed E-state index contributed by atoms with van der Waals surface area (Å²) in [4.78, 5) is 2.19. The van der Waals surface area contributed by atoms with Crippen LogP contribution in [0, 0.1) is 5.82 Å². The second-order valence-corrected chi connectivity index (χ2v) is 4.20. The molecule has 1 rings (SSSR count). The Morgan fingerprint density at radius 3 is 2.86 bits per heavy atom.